The standard InChI is InChI=1S/C17H23N5O2/c1-12-9-16(21(2)20-12)22-8-4-5-14(11-22)19-17(23)13-6-7-15(24-3)18-10-13/h6-7,9-10,14H,4-5,8,11H2,1-3H3,(H,19,23). The molecule has 3 heterocycles. The molecule has 1 aliphatic rings. The molecule has 0 radical (unpaired) electrons. The normalized spacial score (nSPS) is 17.6. The van der Waals surface area contributed by atoms with Crippen molar-refractivity contribution in [3.8, 4) is 5.88 Å². The van der Waals surface area contributed by atoms with Crippen molar-refractivity contribution < 1.29 is 9.53 Å². The van der Waals surface area contributed by atoms with Crippen molar-refractivity contribution in [2.75, 3.05) is 25.1 Å². The molecule has 1 unspecified atom stereocenters. The molecule has 0 saturated carbocycles. The Labute approximate surface area is 141 Å². The van der Waals surface area contributed by atoms with E-state index in [-0.39, 0.29) is 11.9 Å². The molecule has 7 nitrogen and oxygen atoms in total. The topological polar surface area (TPSA) is 72.3 Å². The number of amides is 1. The van der Waals surface area contributed by atoms with Gasteiger partial charge in [-0.05, 0) is 25.8 Å². The van der Waals surface area contributed by atoms with E-state index in [2.05, 4.69) is 26.4 Å². The minimum Gasteiger partial charge on any atom is -0.481 e. The number of rotatable bonds is 4. The molecule has 1 fully saturated rings. The van der Waals surface area contributed by atoms with Gasteiger partial charge >= 0.3 is 0 Å². The van der Waals surface area contributed by atoms with Crippen LogP contribution in [0.1, 0.15) is 28.9 Å². The lowest BCUT2D eigenvalue weighted by Gasteiger charge is -2.34. The first kappa shape index (κ1) is 16.3. The Kier molecular flexibility index (Phi) is 4.69. The van der Waals surface area contributed by atoms with E-state index in [1.165, 1.54) is 0 Å². The Morgan fingerprint density at radius 1 is 1.42 bits per heavy atom. The zero-order valence-corrected chi connectivity index (χ0v) is 14.3. The number of nitrogens with zero attached hydrogens (tertiary/aromatic N) is 4. The summed E-state index contributed by atoms with van der Waals surface area (Å²) in [5.41, 5.74) is 1.55. The van der Waals surface area contributed by atoms with Crippen LogP contribution in [0.15, 0.2) is 24.4 Å². The largest absolute Gasteiger partial charge is 0.481 e. The number of hydrogen-bond donors (Lipinski definition) is 1. The maximum absolute atomic E-state index is 12.4. The highest BCUT2D eigenvalue weighted by Gasteiger charge is 2.24. The van der Waals surface area contributed by atoms with Gasteiger partial charge in [0.1, 0.15) is 5.82 Å². The summed E-state index contributed by atoms with van der Waals surface area (Å²) in [6.07, 6.45) is 3.55. The molecule has 128 valence electrons. The van der Waals surface area contributed by atoms with Crippen molar-refractivity contribution in [3.63, 3.8) is 0 Å². The average Bonchev–Trinajstić information content (AvgIpc) is 2.93. The second kappa shape index (κ2) is 6.90. The number of ether oxygens (including phenoxy) is 1. The number of hydrogen-bond acceptors (Lipinski definition) is 5. The first-order valence-electron chi connectivity index (χ1n) is 8.13. The Hall–Kier alpha value is -2.57. The molecule has 0 aliphatic carbocycles. The molecule has 1 N–H and O–H groups in total. The Morgan fingerprint density at radius 2 is 2.25 bits per heavy atom. The van der Waals surface area contributed by atoms with Crippen molar-refractivity contribution in [3.05, 3.63) is 35.7 Å². The number of piperidine rings is 1. The second-order valence-corrected chi connectivity index (χ2v) is 6.12. The summed E-state index contributed by atoms with van der Waals surface area (Å²) < 4.78 is 6.91. The molecule has 1 amide bonds. The molecule has 24 heavy (non-hydrogen) atoms. The third kappa shape index (κ3) is 3.50. The number of aryl methyl sites for hydroxylation is 2. The summed E-state index contributed by atoms with van der Waals surface area (Å²) in [5.74, 6) is 1.50. The van der Waals surface area contributed by atoms with Crippen molar-refractivity contribution in [1.82, 2.24) is 20.1 Å². The maximum atomic E-state index is 12.4. The lowest BCUT2D eigenvalue weighted by Crippen LogP contribution is -2.48. The molecule has 2 aromatic heterocycles. The van der Waals surface area contributed by atoms with E-state index < -0.39 is 0 Å². The lowest BCUT2D eigenvalue weighted by molar-refractivity contribution is 0.0932. The van der Waals surface area contributed by atoms with Crippen LogP contribution in [0, 0.1) is 6.92 Å². The van der Waals surface area contributed by atoms with Crippen LogP contribution in [0.3, 0.4) is 0 Å². The molecule has 1 aliphatic heterocycles. The summed E-state index contributed by atoms with van der Waals surface area (Å²) in [7, 11) is 3.51. The number of nitrogens with one attached hydrogen (secondary N) is 1. The van der Waals surface area contributed by atoms with E-state index in [0.29, 0.717) is 11.4 Å². The molecular weight excluding hydrogens is 306 g/mol. The lowest BCUT2D eigenvalue weighted by atomic mass is 10.1. The zero-order chi connectivity index (χ0) is 17.1. The third-order valence-corrected chi connectivity index (χ3v) is 4.27. The molecule has 2 aromatic rings. The van der Waals surface area contributed by atoms with Gasteiger partial charge in [0.25, 0.3) is 5.91 Å². The van der Waals surface area contributed by atoms with Gasteiger partial charge in [0, 0.05) is 44.5 Å². The molecule has 0 bridgehead atoms. The molecule has 0 spiro atoms. The number of pyridine rings is 1. The van der Waals surface area contributed by atoms with Gasteiger partial charge in [0.2, 0.25) is 5.88 Å². The van der Waals surface area contributed by atoms with Gasteiger partial charge in [-0.2, -0.15) is 5.10 Å². The van der Waals surface area contributed by atoms with Gasteiger partial charge < -0.3 is 15.0 Å². The van der Waals surface area contributed by atoms with Crippen molar-refractivity contribution in [2.24, 2.45) is 7.05 Å². The number of carbonyl (C=O) groups is 1. The highest BCUT2D eigenvalue weighted by atomic mass is 16.5. The quantitative estimate of drug-likeness (QED) is 0.921. The van der Waals surface area contributed by atoms with Crippen LogP contribution in [0.2, 0.25) is 0 Å². The summed E-state index contributed by atoms with van der Waals surface area (Å²) >= 11 is 0. The predicted molar refractivity (Wildman–Crippen MR) is 91.4 cm³/mol. The van der Waals surface area contributed by atoms with E-state index in [1.54, 1.807) is 25.4 Å². The van der Waals surface area contributed by atoms with Gasteiger partial charge in [-0.3, -0.25) is 9.48 Å². The van der Waals surface area contributed by atoms with Crippen LogP contribution in [0.5, 0.6) is 5.88 Å². The fourth-order valence-electron chi connectivity index (χ4n) is 3.10. The van der Waals surface area contributed by atoms with E-state index >= 15 is 0 Å². The van der Waals surface area contributed by atoms with E-state index in [9.17, 15) is 4.79 Å². The summed E-state index contributed by atoms with van der Waals surface area (Å²) in [5, 5.41) is 7.51. The zero-order valence-electron chi connectivity index (χ0n) is 14.3. The number of aromatic nitrogens is 3. The highest BCUT2D eigenvalue weighted by Crippen LogP contribution is 2.20. The smallest absolute Gasteiger partial charge is 0.253 e. The van der Waals surface area contributed by atoms with Crippen molar-refractivity contribution in [1.29, 1.82) is 0 Å². The SMILES string of the molecule is COc1ccc(C(=O)NC2CCCN(c3cc(C)nn3C)C2)cn1. The Balaban J connectivity index is 1.64. The van der Waals surface area contributed by atoms with Crippen LogP contribution in [0.4, 0.5) is 5.82 Å². The second-order valence-electron chi connectivity index (χ2n) is 6.12. The minimum absolute atomic E-state index is 0.0989. The first-order valence-corrected chi connectivity index (χ1v) is 8.13. The van der Waals surface area contributed by atoms with Gasteiger partial charge in [0.05, 0.1) is 18.4 Å². The summed E-state index contributed by atoms with van der Waals surface area (Å²) in [6, 6.07) is 5.62. The number of methoxy groups -OCH3 is 1. The van der Waals surface area contributed by atoms with Gasteiger partial charge in [-0.15, -0.1) is 0 Å². The molecule has 1 atom stereocenters. The predicted octanol–water partition coefficient (Wildman–Crippen LogP) is 1.53. The molecule has 1 saturated heterocycles. The van der Waals surface area contributed by atoms with Crippen molar-refractivity contribution in [2.45, 2.75) is 25.8 Å². The van der Waals surface area contributed by atoms with Crippen molar-refractivity contribution >= 4 is 11.7 Å². The van der Waals surface area contributed by atoms with Crippen LogP contribution < -0.4 is 15.0 Å². The fourth-order valence-corrected chi connectivity index (χ4v) is 3.10. The van der Waals surface area contributed by atoms with Crippen LogP contribution in [0.25, 0.3) is 0 Å². The average molecular weight is 329 g/mol. The summed E-state index contributed by atoms with van der Waals surface area (Å²) in [6.45, 7) is 3.76. The van der Waals surface area contributed by atoms with Gasteiger partial charge in [0.15, 0.2) is 0 Å². The molecule has 3 rings (SSSR count). The number of anilines is 1. The monoisotopic (exact) mass is 329 g/mol. The van der Waals surface area contributed by atoms with E-state index in [0.717, 1.165) is 37.4 Å². The first-order chi connectivity index (χ1) is 11.6. The Bertz CT molecular complexity index is 710. The van der Waals surface area contributed by atoms with Crippen LogP contribution in [-0.4, -0.2) is 46.9 Å². The highest BCUT2D eigenvalue weighted by molar-refractivity contribution is 5.94. The van der Waals surface area contributed by atoms with E-state index in [4.69, 9.17) is 4.74 Å². The minimum atomic E-state index is -0.0989. The van der Waals surface area contributed by atoms with Crippen LogP contribution in [-0.2, 0) is 7.05 Å². The summed E-state index contributed by atoms with van der Waals surface area (Å²) in [4.78, 5) is 18.8. The molecule has 7 heteroatoms. The molecular formula is C17H23N5O2. The van der Waals surface area contributed by atoms with E-state index in [1.807, 2.05) is 18.7 Å². The Morgan fingerprint density at radius 3 is 2.88 bits per heavy atom. The number of carbonyl (C=O) groups excluding carboxylic acids is 1. The molecule has 0 aromatic carbocycles. The van der Waals surface area contributed by atoms with Crippen LogP contribution >= 0.6 is 0 Å². The van der Waals surface area contributed by atoms with Gasteiger partial charge in [-0.1, -0.05) is 0 Å². The maximum Gasteiger partial charge on any atom is 0.253 e. The fraction of sp³-hybridized carbons (Fsp3) is 0.471. The third-order valence-electron chi connectivity index (χ3n) is 4.27. The van der Waals surface area contributed by atoms with Gasteiger partial charge in [-0.25, -0.2) is 4.98 Å².